The van der Waals surface area contributed by atoms with Crippen LogP contribution in [-0.4, -0.2) is 44.1 Å². The number of carbonyl (C=O) groups is 3. The molecule has 1 heterocycles. The summed E-state index contributed by atoms with van der Waals surface area (Å²) in [5.41, 5.74) is 4.96. The van der Waals surface area contributed by atoms with Crippen molar-refractivity contribution >= 4 is 17.7 Å². The Labute approximate surface area is 167 Å². The molecule has 0 spiro atoms. The monoisotopic (exact) mass is 399 g/mol. The van der Waals surface area contributed by atoms with E-state index in [1.807, 2.05) is 0 Å². The summed E-state index contributed by atoms with van der Waals surface area (Å²) in [5.74, 6) is 0.112. The summed E-state index contributed by atoms with van der Waals surface area (Å²) < 4.78 is 16.1. The van der Waals surface area contributed by atoms with Crippen molar-refractivity contribution < 1.29 is 28.6 Å². The Morgan fingerprint density at radius 1 is 1.03 bits per heavy atom. The van der Waals surface area contributed by atoms with Crippen LogP contribution in [-0.2, 0) is 9.59 Å². The minimum absolute atomic E-state index is 0.0218. The zero-order chi connectivity index (χ0) is 20.6. The Bertz CT molecular complexity index is 901. The lowest BCUT2D eigenvalue weighted by Gasteiger charge is -2.25. The number of nitrogens with one attached hydrogen (secondary N) is 3. The molecule has 3 amide bonds. The first-order valence-corrected chi connectivity index (χ1v) is 8.97. The molecule has 0 radical (unpaired) electrons. The molecule has 3 rings (SSSR count). The van der Waals surface area contributed by atoms with Gasteiger partial charge in [-0.25, -0.2) is 0 Å². The first kappa shape index (κ1) is 20.0. The van der Waals surface area contributed by atoms with Crippen molar-refractivity contribution in [3.63, 3.8) is 0 Å². The second-order valence-electron chi connectivity index (χ2n) is 6.11. The number of amides is 3. The molecule has 152 valence electrons. The van der Waals surface area contributed by atoms with Crippen LogP contribution in [0.15, 0.2) is 48.5 Å². The molecule has 9 heteroatoms. The quantitative estimate of drug-likeness (QED) is 0.619. The molecular formula is C20H21N3O6. The van der Waals surface area contributed by atoms with Gasteiger partial charge in [-0.2, -0.15) is 0 Å². The van der Waals surface area contributed by atoms with Crippen molar-refractivity contribution in [1.29, 1.82) is 0 Å². The van der Waals surface area contributed by atoms with E-state index in [0.29, 0.717) is 22.8 Å². The van der Waals surface area contributed by atoms with Crippen LogP contribution in [0.4, 0.5) is 0 Å². The molecule has 9 nitrogen and oxygen atoms in total. The van der Waals surface area contributed by atoms with Crippen LogP contribution in [0.1, 0.15) is 16.8 Å². The molecular weight excluding hydrogens is 378 g/mol. The molecule has 1 atom stereocenters. The average Bonchev–Trinajstić information content (AvgIpc) is 2.76. The van der Waals surface area contributed by atoms with Crippen molar-refractivity contribution in [3.8, 4) is 17.2 Å². The number of hydrogen-bond donors (Lipinski definition) is 3. The van der Waals surface area contributed by atoms with Gasteiger partial charge >= 0.3 is 0 Å². The van der Waals surface area contributed by atoms with Gasteiger partial charge in [0.25, 0.3) is 11.8 Å². The van der Waals surface area contributed by atoms with Crippen LogP contribution in [0.3, 0.4) is 0 Å². The van der Waals surface area contributed by atoms with Gasteiger partial charge in [0.1, 0.15) is 12.4 Å². The van der Waals surface area contributed by atoms with E-state index in [9.17, 15) is 14.4 Å². The first-order chi connectivity index (χ1) is 14.1. The normalized spacial score (nSPS) is 14.4. The molecule has 0 unspecified atom stereocenters. The summed E-state index contributed by atoms with van der Waals surface area (Å²) in [4.78, 5) is 36.2. The second kappa shape index (κ2) is 9.45. The minimum Gasteiger partial charge on any atom is -0.496 e. The van der Waals surface area contributed by atoms with E-state index < -0.39 is 17.9 Å². The summed E-state index contributed by atoms with van der Waals surface area (Å²) in [5, 5.41) is 2.63. The number of hydrazine groups is 1. The summed E-state index contributed by atoms with van der Waals surface area (Å²) in [7, 11) is 1.47. The van der Waals surface area contributed by atoms with E-state index in [-0.39, 0.29) is 25.5 Å². The van der Waals surface area contributed by atoms with Crippen molar-refractivity contribution in [3.05, 3.63) is 54.1 Å². The largest absolute Gasteiger partial charge is 0.496 e. The number of hydrogen-bond acceptors (Lipinski definition) is 6. The van der Waals surface area contributed by atoms with Gasteiger partial charge in [0.2, 0.25) is 12.0 Å². The molecule has 0 saturated heterocycles. The number of benzene rings is 2. The Balaban J connectivity index is 1.39. The number of methoxy groups -OCH3 is 1. The third-order valence-corrected chi connectivity index (χ3v) is 4.12. The highest BCUT2D eigenvalue weighted by molar-refractivity contribution is 5.97. The fraction of sp³-hybridized carbons (Fsp3) is 0.250. The highest BCUT2D eigenvalue weighted by Gasteiger charge is 2.27. The van der Waals surface area contributed by atoms with Gasteiger partial charge in [-0.1, -0.05) is 24.3 Å². The molecule has 2 aromatic carbocycles. The molecule has 0 aliphatic carbocycles. The van der Waals surface area contributed by atoms with E-state index in [1.54, 1.807) is 48.5 Å². The fourth-order valence-electron chi connectivity index (χ4n) is 2.64. The van der Waals surface area contributed by atoms with E-state index in [4.69, 9.17) is 14.2 Å². The number of fused-ring (bicyclic) bond motifs is 1. The van der Waals surface area contributed by atoms with Gasteiger partial charge in [-0.3, -0.25) is 25.2 Å². The molecule has 1 aliphatic heterocycles. The van der Waals surface area contributed by atoms with Crippen LogP contribution in [0, 0.1) is 0 Å². The van der Waals surface area contributed by atoms with Crippen LogP contribution in [0.5, 0.6) is 17.2 Å². The number of rotatable bonds is 6. The molecule has 29 heavy (non-hydrogen) atoms. The third-order valence-electron chi connectivity index (χ3n) is 4.12. The van der Waals surface area contributed by atoms with Crippen molar-refractivity contribution in [2.24, 2.45) is 0 Å². The van der Waals surface area contributed by atoms with Crippen LogP contribution < -0.4 is 30.4 Å². The van der Waals surface area contributed by atoms with Gasteiger partial charge < -0.3 is 19.5 Å². The Morgan fingerprint density at radius 2 is 1.76 bits per heavy atom. The topological polar surface area (TPSA) is 115 Å². The van der Waals surface area contributed by atoms with Gasteiger partial charge in [-0.15, -0.1) is 0 Å². The van der Waals surface area contributed by atoms with Crippen molar-refractivity contribution in [2.45, 2.75) is 12.5 Å². The smallest absolute Gasteiger partial charge is 0.283 e. The predicted octanol–water partition coefficient (Wildman–Crippen LogP) is 0.802. The highest BCUT2D eigenvalue weighted by Crippen LogP contribution is 2.30. The van der Waals surface area contributed by atoms with E-state index in [1.165, 1.54) is 7.11 Å². The van der Waals surface area contributed by atoms with Crippen LogP contribution in [0.2, 0.25) is 0 Å². The van der Waals surface area contributed by atoms with Crippen LogP contribution in [0.25, 0.3) is 0 Å². The van der Waals surface area contributed by atoms with E-state index >= 15 is 0 Å². The number of para-hydroxylation sites is 3. The zero-order valence-corrected chi connectivity index (χ0v) is 15.8. The standard InChI is InChI=1S/C20H21N3O6/c1-27-14-7-3-2-6-13(14)19(25)21-11-10-18(24)22-23-20(26)17-12-28-15-8-4-5-9-16(15)29-17/h2-9,17H,10-12H2,1H3,(H,21,25)(H,22,24)(H,23,26)/t17-/m1/s1. The third kappa shape index (κ3) is 5.16. The molecule has 0 fully saturated rings. The van der Waals surface area contributed by atoms with E-state index in [0.717, 1.165) is 0 Å². The van der Waals surface area contributed by atoms with Crippen LogP contribution >= 0.6 is 0 Å². The summed E-state index contributed by atoms with van der Waals surface area (Å²) in [6.45, 7) is 0.128. The fourth-order valence-corrected chi connectivity index (χ4v) is 2.64. The minimum atomic E-state index is -0.879. The lowest BCUT2D eigenvalue weighted by atomic mass is 10.2. The summed E-state index contributed by atoms with van der Waals surface area (Å²) in [6, 6.07) is 13.8. The van der Waals surface area contributed by atoms with Gasteiger partial charge in [0, 0.05) is 13.0 Å². The summed E-state index contributed by atoms with van der Waals surface area (Å²) in [6.07, 6.45) is -0.901. The summed E-state index contributed by atoms with van der Waals surface area (Å²) >= 11 is 0. The van der Waals surface area contributed by atoms with Gasteiger partial charge in [0.15, 0.2) is 11.5 Å². The number of carbonyl (C=O) groups excluding carboxylic acids is 3. The van der Waals surface area contributed by atoms with Gasteiger partial charge in [0.05, 0.1) is 12.7 Å². The maximum absolute atomic E-state index is 12.2. The predicted molar refractivity (Wildman–Crippen MR) is 103 cm³/mol. The maximum atomic E-state index is 12.2. The van der Waals surface area contributed by atoms with E-state index in [2.05, 4.69) is 16.2 Å². The molecule has 0 saturated carbocycles. The molecule has 1 aliphatic rings. The molecule has 0 bridgehead atoms. The highest BCUT2D eigenvalue weighted by atomic mass is 16.6. The van der Waals surface area contributed by atoms with Crippen molar-refractivity contribution in [2.75, 3.05) is 20.3 Å². The Morgan fingerprint density at radius 3 is 2.55 bits per heavy atom. The van der Waals surface area contributed by atoms with Crippen molar-refractivity contribution in [1.82, 2.24) is 16.2 Å². The Hall–Kier alpha value is -3.75. The molecule has 2 aromatic rings. The second-order valence-corrected chi connectivity index (χ2v) is 6.11. The average molecular weight is 399 g/mol. The first-order valence-electron chi connectivity index (χ1n) is 8.97. The lowest BCUT2D eigenvalue weighted by molar-refractivity contribution is -0.135. The zero-order valence-electron chi connectivity index (χ0n) is 15.8. The lowest BCUT2D eigenvalue weighted by Crippen LogP contribution is -2.51. The Kier molecular flexibility index (Phi) is 6.51. The molecule has 3 N–H and O–H groups in total. The molecule has 0 aromatic heterocycles. The maximum Gasteiger partial charge on any atom is 0.283 e. The van der Waals surface area contributed by atoms with Gasteiger partial charge in [-0.05, 0) is 24.3 Å². The number of ether oxygens (including phenoxy) is 3. The SMILES string of the molecule is COc1ccccc1C(=O)NCCC(=O)NNC(=O)[C@H]1COc2ccccc2O1.